The van der Waals surface area contributed by atoms with Crippen LogP contribution in [0.1, 0.15) is 79.3 Å². The quantitative estimate of drug-likeness (QED) is 0.0721. The van der Waals surface area contributed by atoms with Gasteiger partial charge in [0.1, 0.15) is 0 Å². The summed E-state index contributed by atoms with van der Waals surface area (Å²) in [6, 6.07) is 38.2. The van der Waals surface area contributed by atoms with E-state index >= 15 is 0 Å². The van der Waals surface area contributed by atoms with Crippen LogP contribution in [0.4, 0.5) is 26.3 Å². The van der Waals surface area contributed by atoms with Gasteiger partial charge < -0.3 is 0 Å². The SMILES string of the molecule is C.C#CC(=O)CC(C)c1cccc2ccccc12.CC(CC(=O)C#Cc1cccc(C(F)(F)F)c1)c1cccc2ccccc12.Cc1cccc(C(F)(F)F)c1.[I][V]([I])[I]. The first-order valence-corrected chi connectivity index (χ1v) is 31.4. The summed E-state index contributed by atoms with van der Waals surface area (Å²) in [6.45, 7) is 5.62. The number of carbonyl (C=O) groups is 2. The molecule has 0 N–H and O–H groups in total. The van der Waals surface area contributed by atoms with Gasteiger partial charge in [-0.3, -0.25) is 9.59 Å². The molecule has 314 valence electrons. The van der Waals surface area contributed by atoms with E-state index in [9.17, 15) is 35.9 Å². The molecular weight excluding hydrogens is 1150 g/mol. The van der Waals surface area contributed by atoms with E-state index in [1.165, 1.54) is 34.5 Å². The summed E-state index contributed by atoms with van der Waals surface area (Å²) in [5.41, 5.74) is 1.69. The van der Waals surface area contributed by atoms with Gasteiger partial charge in [0.05, 0.1) is 11.1 Å². The third-order valence-corrected chi connectivity index (χ3v) is 8.73. The number of aryl methyl sites for hydroxylation is 1. The van der Waals surface area contributed by atoms with Crippen molar-refractivity contribution in [1.29, 1.82) is 0 Å². The minimum atomic E-state index is -4.43. The number of fused-ring (bicyclic) bond motifs is 2. The topological polar surface area (TPSA) is 34.1 Å². The first-order valence-electron chi connectivity index (χ1n) is 17.9. The van der Waals surface area contributed by atoms with Crippen molar-refractivity contribution >= 4 is 93.0 Å². The Labute approximate surface area is 386 Å². The average molecular weight is 1200 g/mol. The van der Waals surface area contributed by atoms with E-state index in [-0.39, 0.29) is 47.7 Å². The maximum atomic E-state index is 12.7. The van der Waals surface area contributed by atoms with Crippen LogP contribution in [-0.4, -0.2) is 11.6 Å². The predicted molar refractivity (Wildman–Crippen MR) is 256 cm³/mol. The first kappa shape index (κ1) is 52.8. The Bertz CT molecular complexity index is 2430. The van der Waals surface area contributed by atoms with Gasteiger partial charge in [0.15, 0.2) is 0 Å². The van der Waals surface area contributed by atoms with Gasteiger partial charge >= 0.3 is 77.2 Å². The van der Waals surface area contributed by atoms with Crippen molar-refractivity contribution < 1.29 is 40.9 Å². The Hall–Kier alpha value is -3.35. The zero-order valence-corrected chi connectivity index (χ0v) is 39.9. The van der Waals surface area contributed by atoms with Crippen molar-refractivity contribution in [2.75, 3.05) is 0 Å². The van der Waals surface area contributed by atoms with Crippen LogP contribution in [0.5, 0.6) is 0 Å². The van der Waals surface area contributed by atoms with Gasteiger partial charge in [-0.1, -0.05) is 142 Å². The van der Waals surface area contributed by atoms with E-state index in [4.69, 9.17) is 6.42 Å². The summed E-state index contributed by atoms with van der Waals surface area (Å²) in [7, 11) is 0. The van der Waals surface area contributed by atoms with Crippen molar-refractivity contribution in [2.45, 2.75) is 65.2 Å². The van der Waals surface area contributed by atoms with Gasteiger partial charge in [0.25, 0.3) is 0 Å². The molecule has 6 aromatic rings. The van der Waals surface area contributed by atoms with E-state index in [0.717, 1.165) is 40.6 Å². The van der Waals surface area contributed by atoms with Crippen molar-refractivity contribution in [3.05, 3.63) is 167 Å². The van der Waals surface area contributed by atoms with Gasteiger partial charge in [-0.2, -0.15) is 26.3 Å². The zero-order valence-electron chi connectivity index (χ0n) is 32.0. The fraction of sp³-hybridized carbons (Fsp3) is 0.208. The Morgan fingerprint density at radius 2 is 1.02 bits per heavy atom. The number of benzene rings is 6. The third kappa shape index (κ3) is 17.9. The number of hydrogen-bond acceptors (Lipinski definition) is 2. The van der Waals surface area contributed by atoms with E-state index in [1.54, 1.807) is 13.0 Å². The second kappa shape index (κ2) is 25.6. The number of terminal acetylenes is 1. The summed E-state index contributed by atoms with van der Waals surface area (Å²) in [6.07, 6.45) is -2.92. The van der Waals surface area contributed by atoms with Crippen LogP contribution < -0.4 is 0 Å². The van der Waals surface area contributed by atoms with Crippen LogP contribution in [0.2, 0.25) is 0 Å². The number of hydrogen-bond donors (Lipinski definition) is 0. The van der Waals surface area contributed by atoms with Crippen molar-refractivity contribution in [3.8, 4) is 24.2 Å². The number of carbonyl (C=O) groups excluding carboxylic acids is 2. The Morgan fingerprint density at radius 3 is 1.45 bits per heavy atom. The number of halogens is 9. The van der Waals surface area contributed by atoms with Crippen LogP contribution in [0.25, 0.3) is 21.5 Å². The summed E-state index contributed by atoms with van der Waals surface area (Å²) in [5, 5.41) is 4.59. The fourth-order valence-corrected chi connectivity index (χ4v) is 5.98. The van der Waals surface area contributed by atoms with Crippen LogP contribution in [0.3, 0.4) is 0 Å². The first-order chi connectivity index (χ1) is 27.8. The van der Waals surface area contributed by atoms with Gasteiger partial charge in [0, 0.05) is 18.4 Å². The van der Waals surface area contributed by atoms with E-state index < -0.39 is 23.5 Å². The van der Waals surface area contributed by atoms with E-state index in [0.29, 0.717) is 12.0 Å². The molecule has 0 aliphatic rings. The van der Waals surface area contributed by atoms with Gasteiger partial charge in [0.2, 0.25) is 11.6 Å². The molecule has 0 heterocycles. The molecule has 6 aromatic carbocycles. The van der Waals surface area contributed by atoms with Crippen molar-refractivity contribution in [1.82, 2.24) is 0 Å². The molecule has 0 bridgehead atoms. The molecule has 2 nitrogen and oxygen atoms in total. The molecule has 0 radical (unpaired) electrons. The normalized spacial score (nSPS) is 11.7. The molecule has 0 spiro atoms. The molecule has 0 aliphatic carbocycles. The van der Waals surface area contributed by atoms with Crippen LogP contribution >= 0.6 is 59.9 Å². The number of Topliss-reactive ketones (excluding diaryl/α,β-unsaturated/α-hetero) is 2. The van der Waals surface area contributed by atoms with Gasteiger partial charge in [-0.05, 0) is 87.5 Å². The molecule has 0 saturated carbocycles. The second-order valence-electron chi connectivity index (χ2n) is 13.2. The van der Waals surface area contributed by atoms with Gasteiger partial charge in [-0.15, -0.1) is 6.42 Å². The molecule has 0 fully saturated rings. The summed E-state index contributed by atoms with van der Waals surface area (Å²) < 4.78 is 74.1. The van der Waals surface area contributed by atoms with Crippen molar-refractivity contribution in [3.63, 3.8) is 0 Å². The number of ketones is 2. The average Bonchev–Trinajstić information content (AvgIpc) is 3.19. The monoisotopic (exact) mass is 1200 g/mol. The zero-order chi connectivity index (χ0) is 43.8. The molecule has 2 atom stereocenters. The molecule has 2 unspecified atom stereocenters. The molecule has 0 saturated heterocycles. The molecule has 0 amide bonds. The number of alkyl halides is 6. The van der Waals surface area contributed by atoms with E-state index in [2.05, 4.69) is 102 Å². The molecule has 6 rings (SSSR count). The third-order valence-electron chi connectivity index (χ3n) is 8.73. The standard InChI is InChI=1S/C23H17F3O.C16H14O.C8H7F3.CH4.3HI.V/c1-16(21-11-5-8-18-7-2-3-10-22(18)21)14-20(27)13-12-17-6-4-9-19(15-17)23(24,25)26;1-3-14(17)11-12(2)15-10-6-8-13-7-4-5-9-16(13)15;1-6-3-2-4-7(5-6)8(9,10)11;;;;;/h2-11,15-16H,14H2,1H3;1,4-10,12H,11H2,2H3;2-5H,1H3;1H4;3*1H;/q;;;;;;;+3/p-3. The van der Waals surface area contributed by atoms with Gasteiger partial charge in [-0.25, -0.2) is 0 Å². The summed E-state index contributed by atoms with van der Waals surface area (Å²) in [5.74, 6) is 6.88. The van der Waals surface area contributed by atoms with Crippen LogP contribution in [0, 0.1) is 31.1 Å². The second-order valence-corrected chi connectivity index (χ2v) is 48.6. The Balaban J connectivity index is 0.000000320. The Morgan fingerprint density at radius 1 is 0.617 bits per heavy atom. The van der Waals surface area contributed by atoms with E-state index in [1.807, 2.05) is 74.5 Å². The predicted octanol–water partition coefficient (Wildman–Crippen LogP) is 15.8. The summed E-state index contributed by atoms with van der Waals surface area (Å²) >= 11 is 7.39. The molecule has 12 heteroatoms. The number of rotatable bonds is 6. The minimum absolute atomic E-state index is 0. The fourth-order valence-electron chi connectivity index (χ4n) is 5.98. The van der Waals surface area contributed by atoms with Crippen molar-refractivity contribution in [2.24, 2.45) is 0 Å². The summed E-state index contributed by atoms with van der Waals surface area (Å²) in [4.78, 5) is 23.2. The van der Waals surface area contributed by atoms with Crippen LogP contribution in [0.15, 0.2) is 133 Å². The van der Waals surface area contributed by atoms with Crippen LogP contribution in [-0.2, 0) is 26.9 Å². The molecule has 60 heavy (non-hydrogen) atoms. The Kier molecular flexibility index (Phi) is 22.5. The molecule has 0 aromatic heterocycles. The molecular formula is C48H42F6I3O2V. The maximum absolute atomic E-state index is 12.7. The molecule has 0 aliphatic heterocycles.